The standard InChI is InChI=1S/C13H17BrClFN2/c14-12-9-11(18-6-4-17-5-7-18)8-10(13(12)15)2-1-3-16/h8-9,17H,1-7H2. The molecule has 1 aliphatic rings. The Labute approximate surface area is 121 Å². The van der Waals surface area contributed by atoms with Gasteiger partial charge >= 0.3 is 0 Å². The molecule has 1 fully saturated rings. The van der Waals surface area contributed by atoms with Crippen LogP contribution in [0.4, 0.5) is 10.1 Å². The largest absolute Gasteiger partial charge is 0.369 e. The van der Waals surface area contributed by atoms with Gasteiger partial charge in [0.25, 0.3) is 0 Å². The molecule has 1 aliphatic heterocycles. The van der Waals surface area contributed by atoms with Gasteiger partial charge in [-0.05, 0) is 46.5 Å². The maximum Gasteiger partial charge on any atom is 0.0897 e. The molecule has 1 saturated heterocycles. The molecular weight excluding hydrogens is 319 g/mol. The Hall–Kier alpha value is -0.320. The van der Waals surface area contributed by atoms with Gasteiger partial charge < -0.3 is 10.2 Å². The molecule has 1 aromatic carbocycles. The Morgan fingerprint density at radius 1 is 1.33 bits per heavy atom. The zero-order chi connectivity index (χ0) is 13.0. The van der Waals surface area contributed by atoms with Crippen LogP contribution in [0, 0.1) is 0 Å². The molecule has 1 heterocycles. The van der Waals surface area contributed by atoms with E-state index < -0.39 is 0 Å². The molecule has 1 N–H and O–H groups in total. The molecule has 0 spiro atoms. The first-order chi connectivity index (χ1) is 8.72. The normalized spacial score (nSPS) is 16.1. The highest BCUT2D eigenvalue weighted by molar-refractivity contribution is 9.10. The Balaban J connectivity index is 2.22. The van der Waals surface area contributed by atoms with Gasteiger partial charge in [0.05, 0.1) is 11.7 Å². The summed E-state index contributed by atoms with van der Waals surface area (Å²) in [5.41, 5.74) is 2.19. The van der Waals surface area contributed by atoms with Crippen LogP contribution in [-0.4, -0.2) is 32.9 Å². The molecule has 100 valence electrons. The maximum absolute atomic E-state index is 12.3. The molecule has 1 aromatic rings. The molecule has 0 unspecified atom stereocenters. The quantitative estimate of drug-likeness (QED) is 0.907. The van der Waals surface area contributed by atoms with Gasteiger partial charge in [-0.15, -0.1) is 0 Å². The fourth-order valence-corrected chi connectivity index (χ4v) is 2.87. The summed E-state index contributed by atoms with van der Waals surface area (Å²) in [7, 11) is 0. The van der Waals surface area contributed by atoms with Crippen molar-refractivity contribution in [2.75, 3.05) is 37.8 Å². The third kappa shape index (κ3) is 3.37. The van der Waals surface area contributed by atoms with Crippen molar-refractivity contribution < 1.29 is 4.39 Å². The Morgan fingerprint density at radius 3 is 2.72 bits per heavy atom. The second-order valence-electron chi connectivity index (χ2n) is 4.43. The number of halogens is 3. The molecular formula is C13H17BrClFN2. The summed E-state index contributed by atoms with van der Waals surface area (Å²) in [6, 6.07) is 4.14. The smallest absolute Gasteiger partial charge is 0.0897 e. The highest BCUT2D eigenvalue weighted by Crippen LogP contribution is 2.32. The van der Waals surface area contributed by atoms with Crippen molar-refractivity contribution in [2.45, 2.75) is 12.8 Å². The van der Waals surface area contributed by atoms with E-state index in [1.165, 1.54) is 5.69 Å². The van der Waals surface area contributed by atoms with Crippen LogP contribution in [-0.2, 0) is 6.42 Å². The zero-order valence-electron chi connectivity index (χ0n) is 10.2. The fraction of sp³-hybridized carbons (Fsp3) is 0.538. The van der Waals surface area contributed by atoms with Crippen LogP contribution in [0.1, 0.15) is 12.0 Å². The van der Waals surface area contributed by atoms with Gasteiger partial charge in [-0.3, -0.25) is 4.39 Å². The predicted molar refractivity (Wildman–Crippen MR) is 78.5 cm³/mol. The lowest BCUT2D eigenvalue weighted by Gasteiger charge is -2.30. The number of alkyl halides is 1. The summed E-state index contributed by atoms with van der Waals surface area (Å²) in [6.07, 6.45) is 1.21. The van der Waals surface area contributed by atoms with Gasteiger partial charge in [0, 0.05) is 36.3 Å². The molecule has 5 heteroatoms. The van der Waals surface area contributed by atoms with Crippen molar-refractivity contribution in [2.24, 2.45) is 0 Å². The first-order valence-electron chi connectivity index (χ1n) is 6.22. The summed E-state index contributed by atoms with van der Waals surface area (Å²) in [6.45, 7) is 3.69. The molecule has 0 bridgehead atoms. The van der Waals surface area contributed by atoms with Gasteiger partial charge in [-0.1, -0.05) is 11.6 Å². The molecule has 0 radical (unpaired) electrons. The van der Waals surface area contributed by atoms with E-state index in [4.69, 9.17) is 11.6 Å². The van der Waals surface area contributed by atoms with Crippen molar-refractivity contribution in [3.8, 4) is 0 Å². The number of piperazine rings is 1. The lowest BCUT2D eigenvalue weighted by atomic mass is 10.1. The first-order valence-corrected chi connectivity index (χ1v) is 7.39. The van der Waals surface area contributed by atoms with Gasteiger partial charge in [0.1, 0.15) is 0 Å². The third-order valence-corrected chi connectivity index (χ3v) is 4.45. The van der Waals surface area contributed by atoms with Crippen LogP contribution in [0.2, 0.25) is 5.02 Å². The summed E-state index contributed by atoms with van der Waals surface area (Å²) < 4.78 is 13.2. The second-order valence-corrected chi connectivity index (χ2v) is 5.66. The molecule has 0 saturated carbocycles. The summed E-state index contributed by atoms with van der Waals surface area (Å²) in [5.74, 6) is 0. The zero-order valence-corrected chi connectivity index (χ0v) is 12.5. The number of hydrogen-bond donors (Lipinski definition) is 1. The summed E-state index contributed by atoms with van der Waals surface area (Å²) in [5, 5.41) is 4.04. The van der Waals surface area contributed by atoms with Crippen LogP contribution in [0.5, 0.6) is 0 Å². The first kappa shape index (κ1) is 14.1. The van der Waals surface area contributed by atoms with E-state index >= 15 is 0 Å². The van der Waals surface area contributed by atoms with Crippen molar-refractivity contribution in [3.05, 3.63) is 27.2 Å². The molecule has 18 heavy (non-hydrogen) atoms. The Bertz CT molecular complexity index is 408. The second kappa shape index (κ2) is 6.73. The van der Waals surface area contributed by atoms with Crippen LogP contribution >= 0.6 is 27.5 Å². The SMILES string of the molecule is FCCCc1cc(N2CCNCC2)cc(Br)c1Cl. The lowest BCUT2D eigenvalue weighted by molar-refractivity contribution is 0.473. The molecule has 0 aromatic heterocycles. The lowest BCUT2D eigenvalue weighted by Crippen LogP contribution is -2.43. The van der Waals surface area contributed by atoms with Crippen molar-refractivity contribution in [1.29, 1.82) is 0 Å². The minimum absolute atomic E-state index is 0.300. The topological polar surface area (TPSA) is 15.3 Å². The molecule has 0 aliphatic carbocycles. The van der Waals surface area contributed by atoms with Crippen molar-refractivity contribution in [3.63, 3.8) is 0 Å². The number of rotatable bonds is 4. The van der Waals surface area contributed by atoms with Crippen LogP contribution in [0.15, 0.2) is 16.6 Å². The van der Waals surface area contributed by atoms with Gasteiger partial charge in [0.15, 0.2) is 0 Å². The Kier molecular flexibility index (Phi) is 5.27. The van der Waals surface area contributed by atoms with E-state index in [0.717, 1.165) is 36.2 Å². The minimum Gasteiger partial charge on any atom is -0.369 e. The fourth-order valence-electron chi connectivity index (χ4n) is 2.17. The van der Waals surface area contributed by atoms with Crippen LogP contribution in [0.3, 0.4) is 0 Å². The van der Waals surface area contributed by atoms with E-state index in [1.807, 2.05) is 6.07 Å². The number of aryl methyl sites for hydroxylation is 1. The third-order valence-electron chi connectivity index (χ3n) is 3.15. The Morgan fingerprint density at radius 2 is 2.06 bits per heavy atom. The minimum atomic E-state index is -0.300. The summed E-state index contributed by atoms with van der Waals surface area (Å²) >= 11 is 9.73. The molecule has 2 nitrogen and oxygen atoms in total. The highest BCUT2D eigenvalue weighted by atomic mass is 79.9. The monoisotopic (exact) mass is 334 g/mol. The van der Waals surface area contributed by atoms with Crippen molar-refractivity contribution >= 4 is 33.2 Å². The number of benzene rings is 1. The average molecular weight is 336 g/mol. The van der Waals surface area contributed by atoms with Gasteiger partial charge in [-0.25, -0.2) is 0 Å². The average Bonchev–Trinajstić information content (AvgIpc) is 2.41. The van der Waals surface area contributed by atoms with E-state index in [2.05, 4.69) is 32.2 Å². The number of nitrogens with zero attached hydrogens (tertiary/aromatic N) is 1. The molecule has 0 amide bonds. The van der Waals surface area contributed by atoms with E-state index in [9.17, 15) is 4.39 Å². The molecule has 2 rings (SSSR count). The number of anilines is 1. The van der Waals surface area contributed by atoms with Crippen LogP contribution < -0.4 is 10.2 Å². The van der Waals surface area contributed by atoms with E-state index in [-0.39, 0.29) is 6.67 Å². The maximum atomic E-state index is 12.3. The van der Waals surface area contributed by atoms with Gasteiger partial charge in [0.2, 0.25) is 0 Å². The van der Waals surface area contributed by atoms with Gasteiger partial charge in [-0.2, -0.15) is 0 Å². The van der Waals surface area contributed by atoms with E-state index in [1.54, 1.807) is 0 Å². The summed E-state index contributed by atoms with van der Waals surface area (Å²) in [4.78, 5) is 2.33. The number of hydrogen-bond acceptors (Lipinski definition) is 2. The predicted octanol–water partition coefficient (Wildman–Crippen LogP) is 3.41. The molecule has 0 atom stereocenters. The van der Waals surface area contributed by atoms with Crippen molar-refractivity contribution in [1.82, 2.24) is 5.32 Å². The van der Waals surface area contributed by atoms with E-state index in [0.29, 0.717) is 17.9 Å². The number of nitrogens with one attached hydrogen (secondary N) is 1. The highest BCUT2D eigenvalue weighted by Gasteiger charge is 2.14. The van der Waals surface area contributed by atoms with Crippen LogP contribution in [0.25, 0.3) is 0 Å².